The number of allylic oxidation sites excluding steroid dienone is 2. The highest BCUT2D eigenvalue weighted by atomic mass is 79.9. The first-order valence-electron chi connectivity index (χ1n) is 9.40. The Bertz CT molecular complexity index is 1150. The van der Waals surface area contributed by atoms with Gasteiger partial charge in [-0.05, 0) is 81.4 Å². The van der Waals surface area contributed by atoms with Gasteiger partial charge in [0.1, 0.15) is 0 Å². The number of benzene rings is 3. The van der Waals surface area contributed by atoms with Gasteiger partial charge in [0.2, 0.25) is 0 Å². The molecule has 2 aliphatic rings. The van der Waals surface area contributed by atoms with Crippen LogP contribution in [0.25, 0.3) is 22.9 Å². The third-order valence-electron chi connectivity index (χ3n) is 6.21. The Hall–Kier alpha value is -1.64. The SMILES string of the molecule is CC1=Cc2c(Br)cccc2C1CC1C(C)=Cc2c1cc1ccccc1c2Br. The van der Waals surface area contributed by atoms with Gasteiger partial charge in [0.15, 0.2) is 0 Å². The lowest BCUT2D eigenvalue weighted by molar-refractivity contribution is 0.643. The van der Waals surface area contributed by atoms with Crippen LogP contribution in [0.2, 0.25) is 0 Å². The first-order chi connectivity index (χ1) is 13.0. The molecule has 0 heterocycles. The van der Waals surface area contributed by atoms with Gasteiger partial charge in [-0.1, -0.05) is 75.6 Å². The van der Waals surface area contributed by atoms with Crippen molar-refractivity contribution < 1.29 is 0 Å². The van der Waals surface area contributed by atoms with Crippen molar-refractivity contribution in [2.45, 2.75) is 32.1 Å². The Balaban J connectivity index is 1.59. The quantitative estimate of drug-likeness (QED) is 0.345. The van der Waals surface area contributed by atoms with Crippen LogP contribution in [-0.4, -0.2) is 0 Å². The van der Waals surface area contributed by atoms with E-state index in [1.165, 1.54) is 53.1 Å². The second-order valence-corrected chi connectivity index (χ2v) is 9.42. The monoisotopic (exact) mass is 478 g/mol. The fraction of sp³-hybridized carbons (Fsp3) is 0.200. The van der Waals surface area contributed by atoms with E-state index in [9.17, 15) is 0 Å². The summed E-state index contributed by atoms with van der Waals surface area (Å²) in [6.07, 6.45) is 5.87. The summed E-state index contributed by atoms with van der Waals surface area (Å²) in [6.45, 7) is 4.57. The van der Waals surface area contributed by atoms with Crippen LogP contribution >= 0.6 is 31.9 Å². The highest BCUT2D eigenvalue weighted by molar-refractivity contribution is 9.11. The zero-order valence-corrected chi connectivity index (χ0v) is 18.6. The summed E-state index contributed by atoms with van der Waals surface area (Å²) in [6, 6.07) is 17.7. The van der Waals surface area contributed by atoms with Crippen LogP contribution in [0.3, 0.4) is 0 Å². The Labute approximate surface area is 177 Å². The molecular formula is C25H20Br2. The Morgan fingerprint density at radius 2 is 1.48 bits per heavy atom. The number of hydrogen-bond donors (Lipinski definition) is 0. The van der Waals surface area contributed by atoms with Crippen molar-refractivity contribution in [1.82, 2.24) is 0 Å². The van der Waals surface area contributed by atoms with Gasteiger partial charge >= 0.3 is 0 Å². The average Bonchev–Trinajstić information content (AvgIpc) is 3.15. The molecule has 0 aliphatic heterocycles. The zero-order chi connectivity index (χ0) is 18.7. The number of rotatable bonds is 2. The maximum absolute atomic E-state index is 3.89. The Kier molecular flexibility index (Phi) is 4.18. The molecule has 3 aromatic carbocycles. The van der Waals surface area contributed by atoms with Crippen molar-refractivity contribution in [3.05, 3.63) is 90.9 Å². The number of fused-ring (bicyclic) bond motifs is 3. The van der Waals surface area contributed by atoms with Crippen molar-refractivity contribution in [3.8, 4) is 0 Å². The number of hydrogen-bond acceptors (Lipinski definition) is 0. The molecule has 2 atom stereocenters. The van der Waals surface area contributed by atoms with E-state index in [2.05, 4.69) is 106 Å². The van der Waals surface area contributed by atoms with Crippen LogP contribution in [0.5, 0.6) is 0 Å². The van der Waals surface area contributed by atoms with Gasteiger partial charge in [0, 0.05) is 20.8 Å². The smallest absolute Gasteiger partial charge is 0.0329 e. The van der Waals surface area contributed by atoms with E-state index in [0.29, 0.717) is 11.8 Å². The first kappa shape index (κ1) is 17.5. The highest BCUT2D eigenvalue weighted by Gasteiger charge is 2.32. The third-order valence-corrected chi connectivity index (χ3v) is 7.75. The molecule has 27 heavy (non-hydrogen) atoms. The summed E-state index contributed by atoms with van der Waals surface area (Å²) in [5, 5.41) is 2.62. The fourth-order valence-corrected chi connectivity index (χ4v) is 5.99. The second-order valence-electron chi connectivity index (χ2n) is 7.77. The molecule has 2 aliphatic carbocycles. The molecule has 5 rings (SSSR count). The molecule has 2 unspecified atom stereocenters. The van der Waals surface area contributed by atoms with Crippen molar-refractivity contribution in [3.63, 3.8) is 0 Å². The van der Waals surface area contributed by atoms with Crippen LogP contribution < -0.4 is 0 Å². The topological polar surface area (TPSA) is 0 Å². The third kappa shape index (κ3) is 2.68. The van der Waals surface area contributed by atoms with Gasteiger partial charge < -0.3 is 0 Å². The first-order valence-corrected chi connectivity index (χ1v) is 11.0. The summed E-state index contributed by atoms with van der Waals surface area (Å²) < 4.78 is 2.44. The molecule has 2 heteroatoms. The lowest BCUT2D eigenvalue weighted by atomic mass is 9.82. The fourth-order valence-electron chi connectivity index (χ4n) is 4.79. The normalized spacial score (nSPS) is 20.4. The molecule has 0 nitrogen and oxygen atoms in total. The minimum Gasteiger partial charge on any atom is -0.0651 e. The van der Waals surface area contributed by atoms with Gasteiger partial charge in [0.05, 0.1) is 0 Å². The molecule has 0 bridgehead atoms. The van der Waals surface area contributed by atoms with Crippen LogP contribution in [0, 0.1) is 0 Å². The maximum atomic E-state index is 3.89. The van der Waals surface area contributed by atoms with Gasteiger partial charge in [-0.2, -0.15) is 0 Å². The molecule has 0 amide bonds. The molecule has 0 saturated heterocycles. The molecule has 0 saturated carbocycles. The summed E-state index contributed by atoms with van der Waals surface area (Å²) in [5.74, 6) is 0.959. The van der Waals surface area contributed by atoms with Gasteiger partial charge in [-0.3, -0.25) is 0 Å². The zero-order valence-electron chi connectivity index (χ0n) is 15.4. The lowest BCUT2D eigenvalue weighted by Crippen LogP contribution is -2.06. The Morgan fingerprint density at radius 3 is 2.30 bits per heavy atom. The standard InChI is InChI=1S/C25H20Br2/c1-14-10-22-18(8-5-9-24(22)26)19(14)13-20-15(2)11-23-21(20)12-16-6-3-4-7-17(16)25(23)27/h3-12,19-20H,13H2,1-2H3. The molecule has 0 N–H and O–H groups in total. The largest absolute Gasteiger partial charge is 0.0651 e. The predicted octanol–water partition coefficient (Wildman–Crippen LogP) is 8.46. The van der Waals surface area contributed by atoms with E-state index < -0.39 is 0 Å². The summed E-state index contributed by atoms with van der Waals surface area (Å²) in [4.78, 5) is 0. The van der Waals surface area contributed by atoms with Crippen molar-refractivity contribution in [2.24, 2.45) is 0 Å². The molecule has 0 spiro atoms. The minimum absolute atomic E-state index is 0.471. The number of halogens is 2. The van der Waals surface area contributed by atoms with Gasteiger partial charge in [0.25, 0.3) is 0 Å². The summed E-state index contributed by atoms with van der Waals surface area (Å²) in [7, 11) is 0. The van der Waals surface area contributed by atoms with Crippen LogP contribution in [0.1, 0.15) is 54.4 Å². The minimum atomic E-state index is 0.471. The van der Waals surface area contributed by atoms with Crippen LogP contribution in [0.15, 0.2) is 68.6 Å². The van der Waals surface area contributed by atoms with E-state index in [-0.39, 0.29) is 0 Å². The van der Waals surface area contributed by atoms with Gasteiger partial charge in [-0.25, -0.2) is 0 Å². The molecule has 3 aromatic rings. The molecular weight excluding hydrogens is 460 g/mol. The molecule has 134 valence electrons. The average molecular weight is 480 g/mol. The molecule has 0 aromatic heterocycles. The lowest BCUT2D eigenvalue weighted by Gasteiger charge is -2.22. The van der Waals surface area contributed by atoms with E-state index >= 15 is 0 Å². The highest BCUT2D eigenvalue weighted by Crippen LogP contribution is 2.50. The Morgan fingerprint density at radius 1 is 0.778 bits per heavy atom. The molecule has 0 radical (unpaired) electrons. The van der Waals surface area contributed by atoms with E-state index in [0.717, 1.165) is 6.42 Å². The van der Waals surface area contributed by atoms with Crippen LogP contribution in [0.4, 0.5) is 0 Å². The van der Waals surface area contributed by atoms with E-state index in [1.54, 1.807) is 0 Å². The van der Waals surface area contributed by atoms with Crippen molar-refractivity contribution >= 4 is 54.8 Å². The van der Waals surface area contributed by atoms with Gasteiger partial charge in [-0.15, -0.1) is 0 Å². The summed E-state index contributed by atoms with van der Waals surface area (Å²) >= 11 is 7.61. The van der Waals surface area contributed by atoms with Crippen molar-refractivity contribution in [1.29, 1.82) is 0 Å². The van der Waals surface area contributed by atoms with E-state index in [1.807, 2.05) is 0 Å². The molecule has 0 fully saturated rings. The maximum Gasteiger partial charge on any atom is 0.0329 e. The van der Waals surface area contributed by atoms with Crippen LogP contribution in [-0.2, 0) is 0 Å². The van der Waals surface area contributed by atoms with E-state index in [4.69, 9.17) is 0 Å². The summed E-state index contributed by atoms with van der Waals surface area (Å²) in [5.41, 5.74) is 8.59. The van der Waals surface area contributed by atoms with Crippen molar-refractivity contribution in [2.75, 3.05) is 0 Å². The second kappa shape index (κ2) is 6.46. The predicted molar refractivity (Wildman–Crippen MR) is 123 cm³/mol.